The molecule has 0 aromatic carbocycles. The highest BCUT2D eigenvalue weighted by Gasteiger charge is 2.86. The molecule has 1 heterocycles. The van der Waals surface area contributed by atoms with Crippen LogP contribution in [0.2, 0.25) is 0 Å². The standard InChI is InChI=1S/C19H27F11O2/c20-15(21,16(22,23)17(24,25)18(26,27)19(28,29)30)10-5-3-1-2-4-6-11-31-13-9-14-8-7-12-32-14/h14H,1-13H2. The van der Waals surface area contributed by atoms with Crippen LogP contribution in [0.3, 0.4) is 0 Å². The largest absolute Gasteiger partial charge is 0.460 e. The van der Waals surface area contributed by atoms with E-state index < -0.39 is 42.7 Å². The molecule has 1 rings (SSSR count). The molecule has 0 radical (unpaired) electrons. The monoisotopic (exact) mass is 496 g/mol. The van der Waals surface area contributed by atoms with Crippen LogP contribution < -0.4 is 0 Å². The molecular formula is C19H27F11O2. The van der Waals surface area contributed by atoms with Gasteiger partial charge in [0, 0.05) is 26.2 Å². The Bertz CT molecular complexity index is 544. The van der Waals surface area contributed by atoms with Crippen molar-refractivity contribution in [2.45, 2.75) is 100 Å². The molecule has 0 amide bonds. The Morgan fingerprint density at radius 3 is 1.75 bits per heavy atom. The van der Waals surface area contributed by atoms with E-state index in [2.05, 4.69) is 0 Å². The van der Waals surface area contributed by atoms with Crippen molar-refractivity contribution >= 4 is 0 Å². The summed E-state index contributed by atoms with van der Waals surface area (Å²) < 4.78 is 152. The van der Waals surface area contributed by atoms with Crippen molar-refractivity contribution in [3.63, 3.8) is 0 Å². The number of unbranched alkanes of at least 4 members (excludes halogenated alkanes) is 5. The van der Waals surface area contributed by atoms with Gasteiger partial charge in [0.25, 0.3) is 0 Å². The Kier molecular flexibility index (Phi) is 10.5. The first kappa shape index (κ1) is 29.2. The van der Waals surface area contributed by atoms with Crippen LogP contribution in [0.15, 0.2) is 0 Å². The quantitative estimate of drug-likeness (QED) is 0.174. The van der Waals surface area contributed by atoms with Crippen LogP contribution in [0.1, 0.15) is 64.2 Å². The second-order valence-electron chi connectivity index (χ2n) is 7.83. The summed E-state index contributed by atoms with van der Waals surface area (Å²) in [4.78, 5) is 0. The minimum atomic E-state index is -7.32. The fourth-order valence-corrected chi connectivity index (χ4v) is 3.21. The Balaban J connectivity index is 2.27. The molecule has 0 aliphatic carbocycles. The fraction of sp³-hybridized carbons (Fsp3) is 1.00. The van der Waals surface area contributed by atoms with E-state index >= 15 is 0 Å². The van der Waals surface area contributed by atoms with Crippen molar-refractivity contribution in [1.82, 2.24) is 0 Å². The number of ether oxygens (including phenoxy) is 2. The van der Waals surface area contributed by atoms with E-state index in [0.29, 0.717) is 32.5 Å². The molecule has 1 unspecified atom stereocenters. The molecule has 2 nitrogen and oxygen atoms in total. The third kappa shape index (κ3) is 7.07. The van der Waals surface area contributed by atoms with Gasteiger partial charge in [-0.05, 0) is 32.1 Å². The van der Waals surface area contributed by atoms with E-state index in [-0.39, 0.29) is 18.9 Å². The summed E-state index contributed by atoms with van der Waals surface area (Å²) in [5.74, 6) is -27.3. The lowest BCUT2D eigenvalue weighted by Gasteiger charge is -2.37. The van der Waals surface area contributed by atoms with E-state index in [0.717, 1.165) is 25.9 Å². The van der Waals surface area contributed by atoms with Crippen molar-refractivity contribution in [2.24, 2.45) is 0 Å². The number of rotatable bonds is 15. The molecule has 1 atom stereocenters. The molecule has 0 aromatic heterocycles. The SMILES string of the molecule is FC(F)(F)C(F)(F)C(F)(F)C(F)(F)C(F)(F)CCCCCCCCOCCC1CCCO1. The highest BCUT2D eigenvalue weighted by Crippen LogP contribution is 2.58. The zero-order valence-corrected chi connectivity index (χ0v) is 17.2. The van der Waals surface area contributed by atoms with Gasteiger partial charge in [0.15, 0.2) is 0 Å². The summed E-state index contributed by atoms with van der Waals surface area (Å²) >= 11 is 0. The van der Waals surface area contributed by atoms with Crippen molar-refractivity contribution in [2.75, 3.05) is 19.8 Å². The average molecular weight is 496 g/mol. The predicted molar refractivity (Wildman–Crippen MR) is 92.6 cm³/mol. The van der Waals surface area contributed by atoms with Crippen LogP contribution in [-0.4, -0.2) is 55.8 Å². The maximum Gasteiger partial charge on any atom is 0.460 e. The number of hydrogen-bond donors (Lipinski definition) is 0. The summed E-state index contributed by atoms with van der Waals surface area (Å²) in [5.41, 5.74) is 0. The second-order valence-corrected chi connectivity index (χ2v) is 7.83. The normalized spacial score (nSPS) is 19.0. The lowest BCUT2D eigenvalue weighted by atomic mass is 9.94. The van der Waals surface area contributed by atoms with Crippen LogP contribution in [0.25, 0.3) is 0 Å². The topological polar surface area (TPSA) is 18.5 Å². The minimum absolute atomic E-state index is 0.104. The molecular weight excluding hydrogens is 469 g/mol. The van der Waals surface area contributed by atoms with Crippen molar-refractivity contribution in [3.8, 4) is 0 Å². The van der Waals surface area contributed by atoms with Gasteiger partial charge in [-0.2, -0.15) is 48.3 Å². The fourth-order valence-electron chi connectivity index (χ4n) is 3.21. The van der Waals surface area contributed by atoms with Crippen molar-refractivity contribution < 1.29 is 57.8 Å². The first-order valence-electron chi connectivity index (χ1n) is 10.4. The van der Waals surface area contributed by atoms with Gasteiger partial charge in [-0.3, -0.25) is 0 Å². The van der Waals surface area contributed by atoms with Gasteiger partial charge in [0.05, 0.1) is 6.10 Å². The third-order valence-electron chi connectivity index (χ3n) is 5.24. The predicted octanol–water partition coefficient (Wildman–Crippen LogP) is 7.41. The summed E-state index contributed by atoms with van der Waals surface area (Å²) in [6.07, 6.45) is -4.85. The molecule has 0 bridgehead atoms. The van der Waals surface area contributed by atoms with Gasteiger partial charge in [0.1, 0.15) is 0 Å². The Morgan fingerprint density at radius 1 is 0.656 bits per heavy atom. The van der Waals surface area contributed by atoms with E-state index in [1.54, 1.807) is 0 Å². The first-order chi connectivity index (χ1) is 14.6. The van der Waals surface area contributed by atoms with Crippen LogP contribution in [0, 0.1) is 0 Å². The molecule has 0 N–H and O–H groups in total. The smallest absolute Gasteiger partial charge is 0.381 e. The van der Waals surface area contributed by atoms with Crippen LogP contribution in [0.5, 0.6) is 0 Å². The van der Waals surface area contributed by atoms with Crippen LogP contribution in [0.4, 0.5) is 48.3 Å². The molecule has 32 heavy (non-hydrogen) atoms. The van der Waals surface area contributed by atoms with Gasteiger partial charge >= 0.3 is 29.9 Å². The Morgan fingerprint density at radius 2 is 1.22 bits per heavy atom. The number of halogens is 11. The molecule has 13 heteroatoms. The molecule has 0 saturated carbocycles. The van der Waals surface area contributed by atoms with Gasteiger partial charge in [-0.25, -0.2) is 0 Å². The number of hydrogen-bond acceptors (Lipinski definition) is 2. The lowest BCUT2D eigenvalue weighted by Crippen LogP contribution is -2.66. The Hall–Kier alpha value is -0.850. The van der Waals surface area contributed by atoms with Gasteiger partial charge in [-0.15, -0.1) is 0 Å². The summed E-state index contributed by atoms with van der Waals surface area (Å²) in [5, 5.41) is 0. The van der Waals surface area contributed by atoms with Gasteiger partial charge in [-0.1, -0.05) is 25.7 Å². The zero-order chi connectivity index (χ0) is 24.7. The molecule has 1 fully saturated rings. The van der Waals surface area contributed by atoms with E-state index in [4.69, 9.17) is 9.47 Å². The summed E-state index contributed by atoms with van der Waals surface area (Å²) in [6, 6.07) is 0. The molecule has 0 spiro atoms. The third-order valence-corrected chi connectivity index (χ3v) is 5.24. The van der Waals surface area contributed by atoms with Gasteiger partial charge < -0.3 is 9.47 Å². The van der Waals surface area contributed by atoms with E-state index in [9.17, 15) is 48.3 Å². The molecule has 1 aliphatic heterocycles. The zero-order valence-electron chi connectivity index (χ0n) is 17.2. The van der Waals surface area contributed by atoms with Crippen molar-refractivity contribution in [1.29, 1.82) is 0 Å². The highest BCUT2D eigenvalue weighted by atomic mass is 19.4. The van der Waals surface area contributed by atoms with Gasteiger partial charge in [0.2, 0.25) is 0 Å². The Labute approximate surface area is 178 Å². The summed E-state index contributed by atoms with van der Waals surface area (Å²) in [6.45, 7) is 1.74. The average Bonchev–Trinajstić information content (AvgIpc) is 3.18. The lowest BCUT2D eigenvalue weighted by molar-refractivity contribution is -0.422. The maximum absolute atomic E-state index is 13.5. The molecule has 0 aromatic rings. The minimum Gasteiger partial charge on any atom is -0.381 e. The highest BCUT2D eigenvalue weighted by molar-refractivity contribution is 5.06. The molecule has 1 saturated heterocycles. The first-order valence-corrected chi connectivity index (χ1v) is 10.4. The second kappa shape index (κ2) is 11.5. The number of alkyl halides is 11. The maximum atomic E-state index is 13.5. The van der Waals surface area contributed by atoms with Crippen LogP contribution >= 0.6 is 0 Å². The van der Waals surface area contributed by atoms with Crippen LogP contribution in [-0.2, 0) is 9.47 Å². The van der Waals surface area contributed by atoms with E-state index in [1.807, 2.05) is 0 Å². The van der Waals surface area contributed by atoms with Crippen molar-refractivity contribution in [3.05, 3.63) is 0 Å². The van der Waals surface area contributed by atoms with E-state index in [1.165, 1.54) is 0 Å². The summed E-state index contributed by atoms with van der Waals surface area (Å²) in [7, 11) is 0. The molecule has 192 valence electrons. The molecule has 1 aliphatic rings.